The summed E-state index contributed by atoms with van der Waals surface area (Å²) < 4.78 is 0. The van der Waals surface area contributed by atoms with Crippen LogP contribution in [0.25, 0.3) is 0 Å². The first kappa shape index (κ1) is 13.4. The molecule has 1 unspecified atom stereocenters. The average Bonchev–Trinajstić information content (AvgIpc) is 2.80. The Labute approximate surface area is 115 Å². The molecule has 0 fully saturated rings. The Kier molecular flexibility index (Phi) is 4.31. The molecule has 1 aliphatic heterocycles. The van der Waals surface area contributed by atoms with E-state index in [-0.39, 0.29) is 0 Å². The van der Waals surface area contributed by atoms with Crippen LogP contribution < -0.4 is 10.2 Å². The van der Waals surface area contributed by atoms with Crippen LogP contribution in [-0.4, -0.2) is 20.1 Å². The lowest BCUT2D eigenvalue weighted by molar-refractivity contribution is 0.652. The molecule has 18 heavy (non-hydrogen) atoms. The molecule has 1 aromatic rings. The maximum Gasteiger partial charge on any atom is 0.0402 e. The normalized spacial score (nSPS) is 16.9. The van der Waals surface area contributed by atoms with E-state index >= 15 is 0 Å². The van der Waals surface area contributed by atoms with Gasteiger partial charge in [0.15, 0.2) is 0 Å². The molecule has 1 aromatic carbocycles. The van der Waals surface area contributed by atoms with Gasteiger partial charge >= 0.3 is 0 Å². The van der Waals surface area contributed by atoms with Crippen LogP contribution >= 0.6 is 11.6 Å². The van der Waals surface area contributed by atoms with Crippen LogP contribution in [-0.2, 0) is 6.42 Å². The minimum Gasteiger partial charge on any atom is -0.367 e. The summed E-state index contributed by atoms with van der Waals surface area (Å²) in [5, 5.41) is 3.28. The van der Waals surface area contributed by atoms with Gasteiger partial charge < -0.3 is 10.2 Å². The van der Waals surface area contributed by atoms with E-state index in [0.29, 0.717) is 6.04 Å². The lowest BCUT2D eigenvalue weighted by atomic mass is 10.0. The third-order valence-electron chi connectivity index (χ3n) is 3.65. The SMILES string of the molecule is CNC(C)c1ccc2c(c1)CCN2C/C(C)=C/Cl. The van der Waals surface area contributed by atoms with Crippen LogP contribution in [0.5, 0.6) is 0 Å². The summed E-state index contributed by atoms with van der Waals surface area (Å²) >= 11 is 5.75. The molecule has 1 atom stereocenters. The Morgan fingerprint density at radius 2 is 2.33 bits per heavy atom. The van der Waals surface area contributed by atoms with Gasteiger partial charge in [-0.05, 0) is 50.1 Å². The highest BCUT2D eigenvalue weighted by atomic mass is 35.5. The first-order chi connectivity index (χ1) is 8.65. The van der Waals surface area contributed by atoms with Gasteiger partial charge in [-0.25, -0.2) is 0 Å². The van der Waals surface area contributed by atoms with Crippen molar-refractivity contribution in [3.63, 3.8) is 0 Å². The first-order valence-corrected chi connectivity index (χ1v) is 6.90. The number of nitrogens with one attached hydrogen (secondary N) is 1. The van der Waals surface area contributed by atoms with Gasteiger partial charge in [0.2, 0.25) is 0 Å². The standard InChI is InChI=1S/C15H21ClN2/c1-11(9-16)10-18-7-6-14-8-13(12(2)17-3)4-5-15(14)18/h4-5,8-9,12,17H,6-7,10H2,1-3H3/b11-9+. The zero-order chi connectivity index (χ0) is 13.1. The maximum absolute atomic E-state index is 5.75. The van der Waals surface area contributed by atoms with Crippen molar-refractivity contribution in [2.24, 2.45) is 0 Å². The Balaban J connectivity index is 2.20. The number of rotatable bonds is 4. The van der Waals surface area contributed by atoms with Gasteiger partial charge in [0, 0.05) is 30.4 Å². The average molecular weight is 265 g/mol. The predicted octanol–water partition coefficient (Wildman–Crippen LogP) is 3.47. The second kappa shape index (κ2) is 5.77. The molecule has 0 amide bonds. The predicted molar refractivity (Wildman–Crippen MR) is 79.4 cm³/mol. The number of nitrogens with zero attached hydrogens (tertiary/aromatic N) is 1. The highest BCUT2D eigenvalue weighted by Crippen LogP contribution is 2.30. The fourth-order valence-electron chi connectivity index (χ4n) is 2.43. The highest BCUT2D eigenvalue weighted by molar-refractivity contribution is 6.25. The molecule has 2 nitrogen and oxygen atoms in total. The van der Waals surface area contributed by atoms with E-state index in [2.05, 4.69) is 42.3 Å². The maximum atomic E-state index is 5.75. The third-order valence-corrected chi connectivity index (χ3v) is 4.03. The van der Waals surface area contributed by atoms with Gasteiger partial charge in [-0.3, -0.25) is 0 Å². The Bertz CT molecular complexity index is 454. The van der Waals surface area contributed by atoms with Crippen molar-refractivity contribution in [2.75, 3.05) is 25.0 Å². The van der Waals surface area contributed by atoms with E-state index < -0.39 is 0 Å². The van der Waals surface area contributed by atoms with Crippen molar-refractivity contribution in [1.29, 1.82) is 0 Å². The van der Waals surface area contributed by atoms with Gasteiger partial charge in [0.1, 0.15) is 0 Å². The summed E-state index contributed by atoms with van der Waals surface area (Å²) in [6.07, 6.45) is 1.13. The minimum absolute atomic E-state index is 0.411. The Morgan fingerprint density at radius 1 is 1.56 bits per heavy atom. The number of anilines is 1. The molecule has 98 valence electrons. The summed E-state index contributed by atoms with van der Waals surface area (Å²) in [4.78, 5) is 2.40. The van der Waals surface area contributed by atoms with E-state index in [4.69, 9.17) is 11.6 Å². The van der Waals surface area contributed by atoms with Crippen molar-refractivity contribution < 1.29 is 0 Å². The molecule has 2 rings (SSSR count). The molecule has 0 aliphatic carbocycles. The summed E-state index contributed by atoms with van der Waals surface area (Å²) in [5.74, 6) is 0. The third kappa shape index (κ3) is 2.70. The van der Waals surface area contributed by atoms with Gasteiger partial charge in [-0.15, -0.1) is 0 Å². The van der Waals surface area contributed by atoms with E-state index in [1.807, 2.05) is 7.05 Å². The molecule has 0 radical (unpaired) electrons. The van der Waals surface area contributed by atoms with Gasteiger partial charge in [-0.2, -0.15) is 0 Å². The number of fused-ring (bicyclic) bond motifs is 1. The molecule has 0 saturated carbocycles. The fourth-order valence-corrected chi connectivity index (χ4v) is 2.49. The highest BCUT2D eigenvalue weighted by Gasteiger charge is 2.19. The molecule has 1 N–H and O–H groups in total. The molecule has 0 saturated heterocycles. The number of halogens is 1. The lowest BCUT2D eigenvalue weighted by Gasteiger charge is -2.20. The molecule has 1 heterocycles. The topological polar surface area (TPSA) is 15.3 Å². The second-order valence-corrected chi connectivity index (χ2v) is 5.24. The summed E-state index contributed by atoms with van der Waals surface area (Å²) in [6, 6.07) is 7.20. The van der Waals surface area contributed by atoms with Crippen molar-refractivity contribution in [3.05, 3.63) is 40.4 Å². The fraction of sp³-hybridized carbons (Fsp3) is 0.467. The van der Waals surface area contributed by atoms with Crippen molar-refractivity contribution >= 4 is 17.3 Å². The van der Waals surface area contributed by atoms with Gasteiger partial charge in [-0.1, -0.05) is 23.7 Å². The number of hydrogen-bond acceptors (Lipinski definition) is 2. The molecular weight excluding hydrogens is 244 g/mol. The summed E-state index contributed by atoms with van der Waals surface area (Å²) in [6.45, 7) is 6.28. The van der Waals surface area contributed by atoms with Crippen LogP contribution in [0.2, 0.25) is 0 Å². The number of benzene rings is 1. The van der Waals surface area contributed by atoms with Crippen molar-refractivity contribution in [3.8, 4) is 0 Å². The van der Waals surface area contributed by atoms with Crippen LogP contribution in [0.4, 0.5) is 5.69 Å². The van der Waals surface area contributed by atoms with E-state index in [1.165, 1.54) is 22.4 Å². The zero-order valence-electron chi connectivity index (χ0n) is 11.3. The molecular formula is C15H21ClN2. The second-order valence-electron chi connectivity index (χ2n) is 5.03. The van der Waals surface area contributed by atoms with Gasteiger partial charge in [0.25, 0.3) is 0 Å². The number of hydrogen-bond donors (Lipinski definition) is 1. The van der Waals surface area contributed by atoms with Crippen LogP contribution in [0.3, 0.4) is 0 Å². The summed E-state index contributed by atoms with van der Waals surface area (Å²) in [5.41, 5.74) is 7.06. The Morgan fingerprint density at radius 3 is 3.00 bits per heavy atom. The van der Waals surface area contributed by atoms with E-state index in [9.17, 15) is 0 Å². The molecule has 0 bridgehead atoms. The largest absolute Gasteiger partial charge is 0.367 e. The van der Waals surface area contributed by atoms with Crippen LogP contribution in [0, 0.1) is 0 Å². The smallest absolute Gasteiger partial charge is 0.0402 e. The van der Waals surface area contributed by atoms with Crippen LogP contribution in [0.1, 0.15) is 31.0 Å². The quantitative estimate of drug-likeness (QED) is 0.896. The summed E-state index contributed by atoms with van der Waals surface area (Å²) in [7, 11) is 2.00. The minimum atomic E-state index is 0.411. The molecule has 1 aliphatic rings. The zero-order valence-corrected chi connectivity index (χ0v) is 12.1. The first-order valence-electron chi connectivity index (χ1n) is 6.46. The van der Waals surface area contributed by atoms with Crippen LogP contribution in [0.15, 0.2) is 29.3 Å². The van der Waals surface area contributed by atoms with Crippen molar-refractivity contribution in [2.45, 2.75) is 26.3 Å². The van der Waals surface area contributed by atoms with E-state index in [0.717, 1.165) is 19.5 Å². The lowest BCUT2D eigenvalue weighted by Crippen LogP contribution is -2.22. The van der Waals surface area contributed by atoms with Crippen molar-refractivity contribution in [1.82, 2.24) is 5.32 Å². The molecule has 0 aromatic heterocycles. The monoisotopic (exact) mass is 264 g/mol. The molecule has 3 heteroatoms. The molecule has 0 spiro atoms. The van der Waals surface area contributed by atoms with Gasteiger partial charge in [0.05, 0.1) is 0 Å². The van der Waals surface area contributed by atoms with E-state index in [1.54, 1.807) is 5.54 Å². The Hall–Kier alpha value is -0.990.